The van der Waals surface area contributed by atoms with Crippen molar-refractivity contribution < 1.29 is 27.8 Å². The zero-order chi connectivity index (χ0) is 22.9. The van der Waals surface area contributed by atoms with Crippen LogP contribution in [-0.4, -0.2) is 51.3 Å². The third-order valence-electron chi connectivity index (χ3n) is 4.95. The summed E-state index contributed by atoms with van der Waals surface area (Å²) in [6, 6.07) is 6.54. The summed E-state index contributed by atoms with van der Waals surface area (Å²) in [4.78, 5) is 19.2. The Morgan fingerprint density at radius 1 is 1.25 bits per heavy atom. The van der Waals surface area contributed by atoms with Crippen molar-refractivity contribution in [3.63, 3.8) is 0 Å². The predicted octanol–water partition coefficient (Wildman–Crippen LogP) is 3.20. The highest BCUT2D eigenvalue weighted by Gasteiger charge is 2.31. The Kier molecular flexibility index (Phi) is 5.74. The fourth-order valence-corrected chi connectivity index (χ4v) is 3.48. The molecular formula is C21H20F3N5O3. The number of ether oxygens (including phenoxy) is 1. The number of carbonyl (C=O) groups excluding carboxylic acids is 1. The predicted molar refractivity (Wildman–Crippen MR) is 110 cm³/mol. The number of hydrogen-bond donors (Lipinski definition) is 2. The summed E-state index contributed by atoms with van der Waals surface area (Å²) in [6.07, 6.45) is 0.292. The molecule has 4 rings (SSSR count). The van der Waals surface area contributed by atoms with Gasteiger partial charge >= 0.3 is 6.36 Å². The number of aryl methyl sites for hydroxylation is 1. The summed E-state index contributed by atoms with van der Waals surface area (Å²) in [6.45, 7) is 1.08. The lowest BCUT2D eigenvalue weighted by molar-refractivity contribution is -0.274. The van der Waals surface area contributed by atoms with E-state index in [2.05, 4.69) is 20.1 Å². The number of alkyl halides is 3. The number of rotatable bonds is 5. The van der Waals surface area contributed by atoms with E-state index in [1.54, 1.807) is 30.2 Å². The maximum Gasteiger partial charge on any atom is 0.573 e. The van der Waals surface area contributed by atoms with E-state index in [-0.39, 0.29) is 11.3 Å². The highest BCUT2D eigenvalue weighted by atomic mass is 19.4. The molecular weight excluding hydrogens is 427 g/mol. The quantitative estimate of drug-likeness (QED) is 0.624. The first-order valence-electron chi connectivity index (χ1n) is 9.77. The molecule has 3 aromatic rings. The average molecular weight is 447 g/mol. The molecule has 0 aliphatic carbocycles. The van der Waals surface area contributed by atoms with Crippen molar-refractivity contribution >= 4 is 17.4 Å². The molecule has 0 radical (unpaired) electrons. The molecule has 32 heavy (non-hydrogen) atoms. The molecule has 168 valence electrons. The molecule has 8 nitrogen and oxygen atoms in total. The first kappa shape index (κ1) is 21.6. The maximum atomic E-state index is 12.8. The Morgan fingerprint density at radius 3 is 2.59 bits per heavy atom. The Balaban J connectivity index is 1.57. The number of aliphatic hydroxyl groups excluding tert-OH is 1. The third-order valence-corrected chi connectivity index (χ3v) is 4.95. The van der Waals surface area contributed by atoms with Crippen LogP contribution in [0, 0.1) is 0 Å². The minimum atomic E-state index is -4.79. The summed E-state index contributed by atoms with van der Waals surface area (Å²) in [5.74, 6) is -0.215. The van der Waals surface area contributed by atoms with Gasteiger partial charge in [0.1, 0.15) is 11.6 Å². The van der Waals surface area contributed by atoms with E-state index in [1.807, 2.05) is 4.90 Å². The lowest BCUT2D eigenvalue weighted by Gasteiger charge is -2.20. The Labute approximate surface area is 181 Å². The standard InChI is InChI=1S/C21H20F3N5O3/c1-28-11-14(10-26-28)18-8-13(9-25-19(18)29-7-6-16(30)12-29)20(31)27-15-2-4-17(5-3-15)32-21(22,23)24/h2-5,8-11,16,30H,6-7,12H2,1H3,(H,27,31). The highest BCUT2D eigenvalue weighted by molar-refractivity contribution is 6.05. The van der Waals surface area contributed by atoms with Crippen molar-refractivity contribution in [3.05, 3.63) is 54.5 Å². The number of amides is 1. The van der Waals surface area contributed by atoms with Crippen molar-refractivity contribution in [2.24, 2.45) is 7.05 Å². The Bertz CT molecular complexity index is 1110. The Morgan fingerprint density at radius 2 is 2.00 bits per heavy atom. The van der Waals surface area contributed by atoms with Gasteiger partial charge in [0.25, 0.3) is 5.91 Å². The topological polar surface area (TPSA) is 92.5 Å². The molecule has 1 aliphatic heterocycles. The van der Waals surface area contributed by atoms with Crippen LogP contribution in [0.2, 0.25) is 0 Å². The van der Waals surface area contributed by atoms with E-state index in [1.165, 1.54) is 18.3 Å². The van der Waals surface area contributed by atoms with Crippen LogP contribution >= 0.6 is 0 Å². The number of halogens is 3. The maximum absolute atomic E-state index is 12.8. The number of nitrogens with zero attached hydrogens (tertiary/aromatic N) is 4. The number of anilines is 2. The van der Waals surface area contributed by atoms with Gasteiger partial charge < -0.3 is 20.1 Å². The van der Waals surface area contributed by atoms with E-state index in [0.717, 1.165) is 17.7 Å². The normalized spacial score (nSPS) is 16.3. The number of pyridine rings is 1. The van der Waals surface area contributed by atoms with Crippen LogP contribution < -0.4 is 15.0 Å². The van der Waals surface area contributed by atoms with Crippen molar-refractivity contribution in [2.75, 3.05) is 23.3 Å². The lowest BCUT2D eigenvalue weighted by atomic mass is 10.1. The van der Waals surface area contributed by atoms with Gasteiger partial charge in [0.05, 0.1) is 17.9 Å². The SMILES string of the molecule is Cn1cc(-c2cc(C(=O)Nc3ccc(OC(F)(F)F)cc3)cnc2N2CCC(O)C2)cn1. The second-order valence-corrected chi connectivity index (χ2v) is 7.41. The van der Waals surface area contributed by atoms with E-state index in [0.29, 0.717) is 36.6 Å². The summed E-state index contributed by atoms with van der Waals surface area (Å²) in [5, 5.41) is 16.7. The van der Waals surface area contributed by atoms with Gasteiger partial charge in [-0.2, -0.15) is 5.10 Å². The summed E-state index contributed by atoms with van der Waals surface area (Å²) >= 11 is 0. The number of hydrogen-bond acceptors (Lipinski definition) is 6. The molecule has 3 heterocycles. The van der Waals surface area contributed by atoms with Crippen LogP contribution in [-0.2, 0) is 7.05 Å². The number of β-amino-alcohol motifs (C(OH)–C–C–N with tert-alkyl or cyclic N) is 1. The summed E-state index contributed by atoms with van der Waals surface area (Å²) in [7, 11) is 1.78. The van der Waals surface area contributed by atoms with Crippen LogP contribution in [0.5, 0.6) is 5.75 Å². The molecule has 2 N–H and O–H groups in total. The van der Waals surface area contributed by atoms with Gasteiger partial charge in [0, 0.05) is 49.3 Å². The first-order chi connectivity index (χ1) is 15.2. The van der Waals surface area contributed by atoms with Gasteiger partial charge in [-0.25, -0.2) is 4.98 Å². The largest absolute Gasteiger partial charge is 0.573 e. The first-order valence-corrected chi connectivity index (χ1v) is 9.77. The van der Waals surface area contributed by atoms with Crippen molar-refractivity contribution in [3.8, 4) is 16.9 Å². The van der Waals surface area contributed by atoms with Crippen molar-refractivity contribution in [2.45, 2.75) is 18.9 Å². The number of aromatic nitrogens is 3. The van der Waals surface area contributed by atoms with E-state index in [4.69, 9.17) is 0 Å². The monoisotopic (exact) mass is 447 g/mol. The smallest absolute Gasteiger partial charge is 0.406 e. The van der Waals surface area contributed by atoms with E-state index >= 15 is 0 Å². The molecule has 2 aromatic heterocycles. The molecule has 1 unspecified atom stereocenters. The van der Waals surface area contributed by atoms with Gasteiger partial charge in [-0.1, -0.05) is 0 Å². The van der Waals surface area contributed by atoms with Gasteiger partial charge in [-0.05, 0) is 36.8 Å². The molecule has 11 heteroatoms. The molecule has 0 spiro atoms. The molecule has 1 aromatic carbocycles. The molecule has 1 fully saturated rings. The molecule has 0 saturated carbocycles. The van der Waals surface area contributed by atoms with Gasteiger partial charge in [0.2, 0.25) is 0 Å². The molecule has 1 saturated heterocycles. The minimum absolute atomic E-state index is 0.267. The fourth-order valence-electron chi connectivity index (χ4n) is 3.48. The molecule has 0 bridgehead atoms. The number of benzene rings is 1. The van der Waals surface area contributed by atoms with Crippen LogP contribution in [0.25, 0.3) is 11.1 Å². The van der Waals surface area contributed by atoms with Gasteiger partial charge in [-0.15, -0.1) is 13.2 Å². The number of carbonyl (C=O) groups is 1. The minimum Gasteiger partial charge on any atom is -0.406 e. The second kappa shape index (κ2) is 8.50. The van der Waals surface area contributed by atoms with Crippen LogP contribution in [0.3, 0.4) is 0 Å². The van der Waals surface area contributed by atoms with E-state index < -0.39 is 18.4 Å². The summed E-state index contributed by atoms with van der Waals surface area (Å²) < 4.78 is 42.4. The number of aliphatic hydroxyl groups is 1. The number of nitrogens with one attached hydrogen (secondary N) is 1. The lowest BCUT2D eigenvalue weighted by Crippen LogP contribution is -2.23. The zero-order valence-corrected chi connectivity index (χ0v) is 17.0. The van der Waals surface area contributed by atoms with Crippen LogP contribution in [0.4, 0.5) is 24.7 Å². The molecule has 1 atom stereocenters. The zero-order valence-electron chi connectivity index (χ0n) is 17.0. The molecule has 1 amide bonds. The van der Waals surface area contributed by atoms with E-state index in [9.17, 15) is 23.1 Å². The summed E-state index contributed by atoms with van der Waals surface area (Å²) in [5.41, 5.74) is 2.02. The van der Waals surface area contributed by atoms with Crippen LogP contribution in [0.15, 0.2) is 48.9 Å². The highest BCUT2D eigenvalue weighted by Crippen LogP contribution is 2.32. The Hall–Kier alpha value is -3.60. The second-order valence-electron chi connectivity index (χ2n) is 7.41. The van der Waals surface area contributed by atoms with Crippen molar-refractivity contribution in [1.29, 1.82) is 0 Å². The average Bonchev–Trinajstić information content (AvgIpc) is 3.36. The van der Waals surface area contributed by atoms with Crippen LogP contribution in [0.1, 0.15) is 16.8 Å². The van der Waals surface area contributed by atoms with Gasteiger partial charge in [0.15, 0.2) is 0 Å². The third kappa shape index (κ3) is 4.99. The fraction of sp³-hybridized carbons (Fsp3) is 0.286. The van der Waals surface area contributed by atoms with Crippen molar-refractivity contribution in [1.82, 2.24) is 14.8 Å². The van der Waals surface area contributed by atoms with Gasteiger partial charge in [-0.3, -0.25) is 9.48 Å². The molecule has 1 aliphatic rings.